The number of benzene rings is 2. The Bertz CT molecular complexity index is 1680. The minimum atomic E-state index is -0.536. The molecule has 2 aromatic heterocycles. The SMILES string of the molecule is [C-]#[N+]C1=C(O)[C@](C)(CCC)[C@H]2CCc3c(-c4ccccc4F)nc(-c4ccnc5ccccc45)nc3[C@]2(C)C1. The molecule has 0 radical (unpaired) electrons. The highest BCUT2D eigenvalue weighted by Crippen LogP contribution is 2.60. The fourth-order valence-corrected chi connectivity index (χ4v) is 7.31. The summed E-state index contributed by atoms with van der Waals surface area (Å²) in [5.41, 5.74) is 3.87. The lowest BCUT2D eigenvalue weighted by atomic mass is 9.51. The largest absolute Gasteiger partial charge is 0.523 e. The molecule has 5 nitrogen and oxygen atoms in total. The minimum absolute atomic E-state index is 0.0772. The van der Waals surface area contributed by atoms with E-state index in [1.807, 2.05) is 36.4 Å². The maximum atomic E-state index is 15.3. The third-order valence-corrected chi connectivity index (χ3v) is 9.04. The van der Waals surface area contributed by atoms with Crippen LogP contribution >= 0.6 is 0 Å². The maximum absolute atomic E-state index is 15.3. The van der Waals surface area contributed by atoms with Crippen molar-refractivity contribution in [2.75, 3.05) is 0 Å². The first-order valence-electron chi connectivity index (χ1n) is 13.6. The molecule has 6 rings (SSSR count). The number of rotatable bonds is 4. The van der Waals surface area contributed by atoms with Gasteiger partial charge in [-0.1, -0.05) is 57.5 Å². The Morgan fingerprint density at radius 1 is 1.05 bits per heavy atom. The van der Waals surface area contributed by atoms with Gasteiger partial charge in [0.05, 0.1) is 23.5 Å². The first kappa shape index (κ1) is 25.2. The lowest BCUT2D eigenvalue weighted by Crippen LogP contribution is -2.50. The molecule has 2 aliphatic rings. The molecule has 0 saturated heterocycles. The second-order valence-electron chi connectivity index (χ2n) is 11.3. The highest BCUT2D eigenvalue weighted by atomic mass is 19.1. The van der Waals surface area contributed by atoms with Crippen molar-refractivity contribution in [3.05, 3.63) is 101 Å². The molecule has 1 N–H and O–H groups in total. The van der Waals surface area contributed by atoms with Crippen LogP contribution in [0.3, 0.4) is 0 Å². The average molecular weight is 519 g/mol. The van der Waals surface area contributed by atoms with E-state index in [0.29, 0.717) is 35.6 Å². The summed E-state index contributed by atoms with van der Waals surface area (Å²) in [5, 5.41) is 12.2. The van der Waals surface area contributed by atoms with E-state index < -0.39 is 10.8 Å². The number of hydrogen-bond acceptors (Lipinski definition) is 4. The molecular weight excluding hydrogens is 487 g/mol. The van der Waals surface area contributed by atoms with Gasteiger partial charge in [-0.3, -0.25) is 4.98 Å². The minimum Gasteiger partial charge on any atom is -0.523 e. The highest BCUT2D eigenvalue weighted by Gasteiger charge is 2.56. The van der Waals surface area contributed by atoms with Gasteiger partial charge in [0.2, 0.25) is 5.70 Å². The van der Waals surface area contributed by atoms with Crippen LogP contribution in [0.1, 0.15) is 57.7 Å². The van der Waals surface area contributed by atoms with Crippen LogP contribution in [0.4, 0.5) is 4.39 Å². The molecule has 2 aromatic carbocycles. The zero-order valence-corrected chi connectivity index (χ0v) is 22.5. The van der Waals surface area contributed by atoms with E-state index in [0.717, 1.165) is 47.0 Å². The second-order valence-corrected chi connectivity index (χ2v) is 11.3. The number of aromatic nitrogens is 3. The molecule has 0 amide bonds. The zero-order chi connectivity index (χ0) is 27.4. The van der Waals surface area contributed by atoms with Crippen LogP contribution in [0.5, 0.6) is 0 Å². The molecule has 0 saturated carbocycles. The molecular formula is C33H31FN4O. The molecule has 39 heavy (non-hydrogen) atoms. The van der Waals surface area contributed by atoms with Crippen LogP contribution < -0.4 is 0 Å². The third-order valence-electron chi connectivity index (χ3n) is 9.04. The van der Waals surface area contributed by atoms with Crippen molar-refractivity contribution < 1.29 is 9.50 Å². The van der Waals surface area contributed by atoms with Gasteiger partial charge in [-0.05, 0) is 55.9 Å². The van der Waals surface area contributed by atoms with E-state index in [-0.39, 0.29) is 17.5 Å². The predicted molar refractivity (Wildman–Crippen MR) is 151 cm³/mol. The molecule has 4 aromatic rings. The number of halogens is 1. The Morgan fingerprint density at radius 2 is 1.82 bits per heavy atom. The summed E-state index contributed by atoms with van der Waals surface area (Å²) in [4.78, 5) is 18.6. The normalized spacial score (nSPS) is 24.2. The number of allylic oxidation sites excluding steroid dienone is 2. The lowest BCUT2D eigenvalue weighted by Gasteiger charge is -2.54. The van der Waals surface area contributed by atoms with Crippen LogP contribution in [0, 0.1) is 23.7 Å². The van der Waals surface area contributed by atoms with Crippen molar-refractivity contribution in [1.29, 1.82) is 0 Å². The van der Waals surface area contributed by atoms with Crippen LogP contribution in [0.2, 0.25) is 0 Å². The van der Waals surface area contributed by atoms with Gasteiger partial charge in [-0.2, -0.15) is 0 Å². The number of aliphatic hydroxyl groups is 1. The predicted octanol–water partition coefficient (Wildman–Crippen LogP) is 8.22. The molecule has 196 valence electrons. The monoisotopic (exact) mass is 518 g/mol. The summed E-state index contributed by atoms with van der Waals surface area (Å²) in [6.07, 6.45) is 5.30. The second kappa shape index (κ2) is 9.27. The molecule has 0 aliphatic heterocycles. The topological polar surface area (TPSA) is 63.3 Å². The van der Waals surface area contributed by atoms with Gasteiger partial charge in [0.25, 0.3) is 0 Å². The summed E-state index contributed by atoms with van der Waals surface area (Å²) < 4.78 is 15.3. The van der Waals surface area contributed by atoms with E-state index in [2.05, 4.69) is 30.6 Å². The van der Waals surface area contributed by atoms with Crippen molar-refractivity contribution in [3.8, 4) is 22.6 Å². The number of fused-ring (bicyclic) bond motifs is 4. The first-order chi connectivity index (χ1) is 18.8. The van der Waals surface area contributed by atoms with Crippen molar-refractivity contribution in [2.45, 2.75) is 58.3 Å². The number of nitrogens with zero attached hydrogens (tertiary/aromatic N) is 4. The maximum Gasteiger partial charge on any atom is 0.203 e. The van der Waals surface area contributed by atoms with Crippen molar-refractivity contribution in [2.24, 2.45) is 11.3 Å². The molecule has 0 bridgehead atoms. The third kappa shape index (κ3) is 3.75. The standard InChI is InChI=1S/C33H31FN4O/c1-5-17-32(2)27-15-14-23-28(22-11-6-8-12-24(22)34)37-31(21-16-18-36-25-13-9-7-10-20(21)25)38-29(23)33(27,3)19-26(35-4)30(32)39/h6-13,16,18,27,39H,5,14-15,17,19H2,1-3H3/t27-,32-,33-/m1/s1. The van der Waals surface area contributed by atoms with E-state index in [1.54, 1.807) is 18.3 Å². The molecule has 2 heterocycles. The fraction of sp³-hybridized carbons (Fsp3) is 0.333. The van der Waals surface area contributed by atoms with Gasteiger partial charge in [0.15, 0.2) is 5.82 Å². The Balaban J connectivity index is 1.67. The summed E-state index contributed by atoms with van der Waals surface area (Å²) in [7, 11) is 0. The number of para-hydroxylation sites is 1. The van der Waals surface area contributed by atoms with Gasteiger partial charge >= 0.3 is 0 Å². The number of aliphatic hydroxyl groups excluding tert-OH is 1. The van der Waals surface area contributed by atoms with Gasteiger partial charge in [-0.25, -0.2) is 19.2 Å². The zero-order valence-electron chi connectivity index (χ0n) is 22.5. The van der Waals surface area contributed by atoms with E-state index >= 15 is 4.39 Å². The Hall–Kier alpha value is -4.11. The quantitative estimate of drug-likeness (QED) is 0.277. The van der Waals surface area contributed by atoms with Gasteiger partial charge in [-0.15, -0.1) is 0 Å². The molecule has 0 fully saturated rings. The summed E-state index contributed by atoms with van der Waals surface area (Å²) in [6, 6.07) is 16.6. The number of hydrogen-bond donors (Lipinski definition) is 1. The van der Waals surface area contributed by atoms with E-state index in [4.69, 9.17) is 16.5 Å². The smallest absolute Gasteiger partial charge is 0.203 e. The fourth-order valence-electron chi connectivity index (χ4n) is 7.31. The summed E-state index contributed by atoms with van der Waals surface area (Å²) in [5.74, 6) is 0.505. The van der Waals surface area contributed by atoms with Crippen LogP contribution in [-0.2, 0) is 11.8 Å². The Kier molecular flexibility index (Phi) is 5.99. The number of pyridine rings is 1. The first-order valence-corrected chi connectivity index (χ1v) is 13.6. The molecule has 3 atom stereocenters. The Labute approximate surface area is 228 Å². The van der Waals surface area contributed by atoms with Gasteiger partial charge in [0, 0.05) is 39.1 Å². The van der Waals surface area contributed by atoms with Crippen LogP contribution in [0.15, 0.2) is 72.3 Å². The van der Waals surface area contributed by atoms with Crippen molar-refractivity contribution in [3.63, 3.8) is 0 Å². The van der Waals surface area contributed by atoms with Crippen molar-refractivity contribution in [1.82, 2.24) is 15.0 Å². The Morgan fingerprint density at radius 3 is 2.59 bits per heavy atom. The molecule has 0 unspecified atom stereocenters. The molecule has 6 heteroatoms. The van der Waals surface area contributed by atoms with Crippen LogP contribution in [0.25, 0.3) is 38.4 Å². The summed E-state index contributed by atoms with van der Waals surface area (Å²) in [6.45, 7) is 14.3. The highest BCUT2D eigenvalue weighted by molar-refractivity contribution is 5.92. The lowest BCUT2D eigenvalue weighted by molar-refractivity contribution is 0.0407. The van der Waals surface area contributed by atoms with Gasteiger partial charge in [0.1, 0.15) is 11.6 Å². The summed E-state index contributed by atoms with van der Waals surface area (Å²) >= 11 is 0. The van der Waals surface area contributed by atoms with Crippen molar-refractivity contribution >= 4 is 10.9 Å². The molecule has 2 aliphatic carbocycles. The van der Waals surface area contributed by atoms with Gasteiger partial charge < -0.3 is 5.11 Å². The van der Waals surface area contributed by atoms with E-state index in [1.165, 1.54) is 6.07 Å². The molecule has 0 spiro atoms. The average Bonchev–Trinajstić information content (AvgIpc) is 2.95. The van der Waals surface area contributed by atoms with E-state index in [9.17, 15) is 5.11 Å². The van der Waals surface area contributed by atoms with Crippen LogP contribution in [-0.4, -0.2) is 20.1 Å².